The number of anilines is 2. The SMILES string of the molecule is Cc1ccc(Cn2ccnc2NC(=O)[C@]2(F)CN(C(C)(C)C)C[C@H]2c2ccc(F)cc2F)c(N2CCC(c3nnn[nH]3)CC2)c1.Cl.Cl.Cl. The third-order valence-electron chi connectivity index (χ3n) is 9.15. The second kappa shape index (κ2) is 15.4. The van der Waals surface area contributed by atoms with Crippen molar-refractivity contribution in [1.82, 2.24) is 35.1 Å². The molecule has 2 N–H and O–H groups in total. The summed E-state index contributed by atoms with van der Waals surface area (Å²) in [6.45, 7) is 9.68. The highest BCUT2D eigenvalue weighted by molar-refractivity contribution is 5.97. The third-order valence-corrected chi connectivity index (χ3v) is 9.15. The molecule has 1 amide bonds. The molecule has 262 valence electrons. The van der Waals surface area contributed by atoms with Gasteiger partial charge in [-0.1, -0.05) is 18.2 Å². The van der Waals surface area contributed by atoms with Crippen molar-refractivity contribution in [3.8, 4) is 0 Å². The fourth-order valence-corrected chi connectivity index (χ4v) is 6.47. The van der Waals surface area contributed by atoms with E-state index in [1.807, 2.05) is 38.7 Å². The number of nitrogens with zero attached hydrogens (tertiary/aromatic N) is 7. The molecule has 0 radical (unpaired) electrons. The van der Waals surface area contributed by atoms with E-state index in [1.165, 1.54) is 6.07 Å². The zero-order valence-corrected chi connectivity index (χ0v) is 29.6. The van der Waals surface area contributed by atoms with Gasteiger partial charge in [0.25, 0.3) is 5.91 Å². The Bertz CT molecular complexity index is 1680. The van der Waals surface area contributed by atoms with Gasteiger partial charge in [-0.15, -0.1) is 42.3 Å². The number of H-pyrrole nitrogens is 1. The van der Waals surface area contributed by atoms with E-state index in [0.717, 1.165) is 60.7 Å². The van der Waals surface area contributed by atoms with E-state index >= 15 is 4.39 Å². The number of carbonyl (C=O) groups is 1. The Labute approximate surface area is 296 Å². The van der Waals surface area contributed by atoms with E-state index in [9.17, 15) is 13.6 Å². The minimum Gasteiger partial charge on any atom is -0.371 e. The number of rotatable bonds is 7. The molecule has 2 saturated heterocycles. The molecule has 2 atom stereocenters. The number of hydrogen-bond donors (Lipinski definition) is 2. The van der Waals surface area contributed by atoms with Crippen LogP contribution in [0.5, 0.6) is 0 Å². The number of carbonyl (C=O) groups excluding carboxylic acids is 1. The van der Waals surface area contributed by atoms with Crippen LogP contribution in [0.2, 0.25) is 0 Å². The molecule has 2 fully saturated rings. The first-order chi connectivity index (χ1) is 21.4. The average molecular weight is 731 g/mol. The summed E-state index contributed by atoms with van der Waals surface area (Å²) in [5.74, 6) is -2.42. The van der Waals surface area contributed by atoms with Crippen LogP contribution < -0.4 is 10.2 Å². The van der Waals surface area contributed by atoms with Crippen molar-refractivity contribution in [3.05, 3.63) is 82.9 Å². The average Bonchev–Trinajstić information content (AvgIpc) is 3.76. The number of imidazole rings is 1. The molecular weight excluding hydrogens is 690 g/mol. The number of nitrogens with one attached hydrogen (secondary N) is 2. The topological polar surface area (TPSA) is 108 Å². The first-order valence-corrected chi connectivity index (χ1v) is 15.2. The van der Waals surface area contributed by atoms with Crippen LogP contribution in [-0.2, 0) is 11.3 Å². The number of piperidine rings is 1. The van der Waals surface area contributed by atoms with Gasteiger partial charge in [0.1, 0.15) is 11.6 Å². The Morgan fingerprint density at radius 2 is 1.81 bits per heavy atom. The molecule has 2 aromatic heterocycles. The van der Waals surface area contributed by atoms with Crippen molar-refractivity contribution >= 4 is 54.8 Å². The van der Waals surface area contributed by atoms with E-state index in [0.29, 0.717) is 6.54 Å². The number of aryl methyl sites for hydroxylation is 1. The minimum absolute atomic E-state index is 0. The largest absolute Gasteiger partial charge is 0.371 e. The zero-order chi connectivity index (χ0) is 31.9. The number of likely N-dealkylation sites (tertiary alicyclic amines) is 1. The van der Waals surface area contributed by atoms with Gasteiger partial charge in [0, 0.05) is 67.7 Å². The lowest BCUT2D eigenvalue weighted by molar-refractivity contribution is -0.127. The van der Waals surface area contributed by atoms with Crippen LogP contribution in [0.1, 0.15) is 68.0 Å². The third kappa shape index (κ3) is 7.90. The molecule has 2 aliphatic heterocycles. The van der Waals surface area contributed by atoms with E-state index in [2.05, 4.69) is 48.0 Å². The standard InChI is InChI=1S/C32H38F3N9O.3ClH/c1-20-5-6-22(27(15-20)42-12-9-21(10-13-42)28-38-40-41-39-28)17-43-14-11-36-30(43)37-29(45)32(35)19-44(31(2,3)4)18-25(32)24-8-7-23(33)16-26(24)34;;;/h5-8,11,14-16,21,25H,9-10,12-13,17-19H2,1-4H3,(H,36,37,45)(H,38,39,40,41);3*1H/t25-,32-;;;/m0.../s1. The highest BCUT2D eigenvalue weighted by Crippen LogP contribution is 2.43. The molecule has 0 aliphatic carbocycles. The Morgan fingerprint density at radius 1 is 1.08 bits per heavy atom. The summed E-state index contributed by atoms with van der Waals surface area (Å²) in [5, 5.41) is 17.1. The first-order valence-electron chi connectivity index (χ1n) is 15.2. The van der Waals surface area contributed by atoms with Crippen LogP contribution in [0.25, 0.3) is 0 Å². The van der Waals surface area contributed by atoms with E-state index in [1.54, 1.807) is 17.0 Å². The van der Waals surface area contributed by atoms with Crippen LogP contribution in [-0.4, -0.2) is 78.4 Å². The molecule has 0 saturated carbocycles. The molecule has 0 spiro atoms. The molecule has 16 heteroatoms. The Morgan fingerprint density at radius 3 is 2.46 bits per heavy atom. The maximum atomic E-state index is 17.0. The molecule has 6 rings (SSSR count). The summed E-state index contributed by atoms with van der Waals surface area (Å²) in [6.07, 6.45) is 5.09. The molecular formula is C32H41Cl3F3N9O. The molecule has 0 bridgehead atoms. The van der Waals surface area contributed by atoms with Crippen LogP contribution in [0.3, 0.4) is 0 Å². The molecule has 48 heavy (non-hydrogen) atoms. The number of amides is 1. The normalized spacial score (nSPS) is 20.1. The highest BCUT2D eigenvalue weighted by atomic mass is 35.5. The number of benzene rings is 2. The predicted molar refractivity (Wildman–Crippen MR) is 186 cm³/mol. The fourth-order valence-electron chi connectivity index (χ4n) is 6.47. The number of aromatic nitrogens is 6. The van der Waals surface area contributed by atoms with Crippen molar-refractivity contribution < 1.29 is 18.0 Å². The molecule has 4 heterocycles. The maximum Gasteiger partial charge on any atom is 0.266 e. The van der Waals surface area contributed by atoms with Crippen LogP contribution in [0.4, 0.5) is 24.8 Å². The molecule has 4 aromatic rings. The second-order valence-electron chi connectivity index (χ2n) is 13.1. The van der Waals surface area contributed by atoms with Gasteiger partial charge in [-0.2, -0.15) is 0 Å². The van der Waals surface area contributed by atoms with Crippen LogP contribution >= 0.6 is 37.2 Å². The lowest BCUT2D eigenvalue weighted by atomic mass is 9.85. The van der Waals surface area contributed by atoms with Gasteiger partial charge in [0.2, 0.25) is 11.6 Å². The molecule has 2 aromatic carbocycles. The smallest absolute Gasteiger partial charge is 0.266 e. The Kier molecular flexibility index (Phi) is 12.6. The Hall–Kier alpha value is -3.39. The fraction of sp³-hybridized carbons (Fsp3) is 0.469. The molecule has 10 nitrogen and oxygen atoms in total. The van der Waals surface area contributed by atoms with Crippen molar-refractivity contribution in [3.63, 3.8) is 0 Å². The van der Waals surface area contributed by atoms with Gasteiger partial charge in [0.15, 0.2) is 5.82 Å². The van der Waals surface area contributed by atoms with Crippen LogP contribution in [0, 0.1) is 18.6 Å². The summed E-state index contributed by atoms with van der Waals surface area (Å²) in [7, 11) is 0. The number of halogens is 6. The highest BCUT2D eigenvalue weighted by Gasteiger charge is 2.56. The lowest BCUT2D eigenvalue weighted by Gasteiger charge is -2.34. The zero-order valence-electron chi connectivity index (χ0n) is 27.1. The number of tetrazole rings is 1. The van der Waals surface area contributed by atoms with Gasteiger partial charge in [0.05, 0.1) is 6.54 Å². The molecule has 0 unspecified atom stereocenters. The van der Waals surface area contributed by atoms with Gasteiger partial charge in [-0.05, 0) is 79.8 Å². The summed E-state index contributed by atoms with van der Waals surface area (Å²) in [4.78, 5) is 22.3. The summed E-state index contributed by atoms with van der Waals surface area (Å²) in [5.41, 5.74) is 0.231. The lowest BCUT2D eigenvalue weighted by Crippen LogP contribution is -2.47. The minimum atomic E-state index is -2.48. The van der Waals surface area contributed by atoms with E-state index < -0.39 is 34.7 Å². The van der Waals surface area contributed by atoms with Crippen LogP contribution in [0.15, 0.2) is 48.8 Å². The van der Waals surface area contributed by atoms with Gasteiger partial charge < -0.3 is 9.47 Å². The first kappa shape index (κ1) is 39.1. The maximum absolute atomic E-state index is 17.0. The second-order valence-corrected chi connectivity index (χ2v) is 13.1. The quantitative estimate of drug-likeness (QED) is 0.233. The van der Waals surface area contributed by atoms with Crippen molar-refractivity contribution in [2.45, 2.75) is 70.1 Å². The van der Waals surface area contributed by atoms with Crippen molar-refractivity contribution in [2.24, 2.45) is 0 Å². The summed E-state index contributed by atoms with van der Waals surface area (Å²) < 4.78 is 47.4. The number of alkyl halides is 1. The van der Waals surface area contributed by atoms with Gasteiger partial charge in [-0.25, -0.2) is 23.3 Å². The van der Waals surface area contributed by atoms with Crippen molar-refractivity contribution in [2.75, 3.05) is 36.4 Å². The number of hydrogen-bond acceptors (Lipinski definition) is 7. The van der Waals surface area contributed by atoms with E-state index in [4.69, 9.17) is 0 Å². The molecule has 2 aliphatic rings. The van der Waals surface area contributed by atoms with Crippen molar-refractivity contribution in [1.29, 1.82) is 0 Å². The number of aromatic amines is 1. The van der Waals surface area contributed by atoms with Gasteiger partial charge in [-0.3, -0.25) is 15.0 Å². The summed E-state index contributed by atoms with van der Waals surface area (Å²) >= 11 is 0. The predicted octanol–water partition coefficient (Wildman–Crippen LogP) is 6.23. The Balaban J connectivity index is 0.00000208. The van der Waals surface area contributed by atoms with Gasteiger partial charge >= 0.3 is 0 Å². The summed E-state index contributed by atoms with van der Waals surface area (Å²) in [6, 6.07) is 9.31. The van der Waals surface area contributed by atoms with E-state index in [-0.39, 0.29) is 67.7 Å². The monoisotopic (exact) mass is 729 g/mol.